The molecule has 0 spiro atoms. The fraction of sp³-hybridized carbons (Fsp3) is 0.0769. The van der Waals surface area contributed by atoms with E-state index in [4.69, 9.17) is 15.2 Å². The van der Waals surface area contributed by atoms with E-state index < -0.39 is 4.92 Å². The third kappa shape index (κ3) is 2.74. The van der Waals surface area contributed by atoms with Gasteiger partial charge >= 0.3 is 5.69 Å². The molecule has 98 valence electrons. The molecular formula is C13H12N2O4. The molecule has 2 aromatic rings. The quantitative estimate of drug-likeness (QED) is 0.518. The van der Waals surface area contributed by atoms with Crippen LogP contribution in [0.2, 0.25) is 0 Å². The lowest BCUT2D eigenvalue weighted by molar-refractivity contribution is -0.385. The van der Waals surface area contributed by atoms with Gasteiger partial charge in [-0.2, -0.15) is 0 Å². The number of hydrogen-bond donors (Lipinski definition) is 1. The van der Waals surface area contributed by atoms with E-state index >= 15 is 0 Å². The normalized spacial score (nSPS) is 9.95. The second-order valence-electron chi connectivity index (χ2n) is 3.73. The molecule has 0 aliphatic heterocycles. The Hall–Kier alpha value is -2.76. The van der Waals surface area contributed by atoms with Crippen molar-refractivity contribution in [2.75, 3.05) is 12.8 Å². The van der Waals surface area contributed by atoms with Crippen molar-refractivity contribution in [2.24, 2.45) is 0 Å². The number of methoxy groups -OCH3 is 1. The fourth-order valence-corrected chi connectivity index (χ4v) is 1.58. The van der Waals surface area contributed by atoms with Crippen LogP contribution in [0.15, 0.2) is 42.5 Å². The molecule has 2 aromatic carbocycles. The Balaban J connectivity index is 2.41. The predicted octanol–water partition coefficient (Wildman–Crippen LogP) is 2.98. The van der Waals surface area contributed by atoms with Gasteiger partial charge in [-0.1, -0.05) is 18.2 Å². The van der Waals surface area contributed by atoms with E-state index in [2.05, 4.69) is 0 Å². The molecule has 0 saturated carbocycles. The Morgan fingerprint density at radius 2 is 1.84 bits per heavy atom. The Labute approximate surface area is 109 Å². The molecule has 19 heavy (non-hydrogen) atoms. The number of nitro benzene ring substituents is 1. The van der Waals surface area contributed by atoms with Crippen molar-refractivity contribution in [2.45, 2.75) is 0 Å². The number of ether oxygens (including phenoxy) is 2. The van der Waals surface area contributed by atoms with E-state index in [1.807, 2.05) is 6.07 Å². The van der Waals surface area contributed by atoms with Crippen molar-refractivity contribution in [3.63, 3.8) is 0 Å². The molecule has 0 aliphatic rings. The van der Waals surface area contributed by atoms with Gasteiger partial charge in [0, 0.05) is 6.07 Å². The molecule has 0 amide bonds. The monoisotopic (exact) mass is 260 g/mol. The number of nitrogen functional groups attached to an aromatic ring is 1. The summed E-state index contributed by atoms with van der Waals surface area (Å²) in [5, 5.41) is 10.9. The summed E-state index contributed by atoms with van der Waals surface area (Å²) in [6.07, 6.45) is 0. The fourth-order valence-electron chi connectivity index (χ4n) is 1.58. The number of nitrogens with zero attached hydrogens (tertiary/aromatic N) is 1. The minimum Gasteiger partial charge on any atom is -0.490 e. The maximum absolute atomic E-state index is 10.9. The molecule has 0 aliphatic carbocycles. The number of rotatable bonds is 4. The van der Waals surface area contributed by atoms with Crippen molar-refractivity contribution in [1.29, 1.82) is 0 Å². The van der Waals surface area contributed by atoms with Gasteiger partial charge in [0.2, 0.25) is 0 Å². The van der Waals surface area contributed by atoms with Crippen LogP contribution in [-0.4, -0.2) is 12.0 Å². The van der Waals surface area contributed by atoms with Crippen LogP contribution in [0.25, 0.3) is 0 Å². The van der Waals surface area contributed by atoms with Gasteiger partial charge in [-0.15, -0.1) is 0 Å². The summed E-state index contributed by atoms with van der Waals surface area (Å²) in [5.41, 5.74) is 5.86. The average Bonchev–Trinajstić information content (AvgIpc) is 2.41. The predicted molar refractivity (Wildman–Crippen MR) is 70.6 cm³/mol. The Morgan fingerprint density at radius 1 is 1.16 bits per heavy atom. The standard InChI is InChI=1S/C13H12N2O4/c1-18-13-7-10(14)12(8-11(13)15(16)17)19-9-5-3-2-4-6-9/h2-8H,14H2,1H3. The van der Waals surface area contributed by atoms with Crippen molar-refractivity contribution >= 4 is 11.4 Å². The molecule has 0 heterocycles. The summed E-state index contributed by atoms with van der Waals surface area (Å²) in [6.45, 7) is 0. The van der Waals surface area contributed by atoms with E-state index in [1.54, 1.807) is 24.3 Å². The molecule has 2 rings (SSSR count). The third-order valence-corrected chi connectivity index (χ3v) is 2.48. The topological polar surface area (TPSA) is 87.6 Å². The summed E-state index contributed by atoms with van der Waals surface area (Å²) >= 11 is 0. The van der Waals surface area contributed by atoms with Gasteiger partial charge in [-0.3, -0.25) is 10.1 Å². The van der Waals surface area contributed by atoms with Gasteiger partial charge < -0.3 is 15.2 Å². The highest BCUT2D eigenvalue weighted by atomic mass is 16.6. The van der Waals surface area contributed by atoms with Gasteiger partial charge in [0.1, 0.15) is 5.75 Å². The number of anilines is 1. The third-order valence-electron chi connectivity index (χ3n) is 2.48. The van der Waals surface area contributed by atoms with Gasteiger partial charge in [0.15, 0.2) is 11.5 Å². The molecule has 0 saturated heterocycles. The zero-order chi connectivity index (χ0) is 13.8. The molecule has 0 aromatic heterocycles. The largest absolute Gasteiger partial charge is 0.490 e. The van der Waals surface area contributed by atoms with E-state index in [-0.39, 0.29) is 22.9 Å². The minimum atomic E-state index is -0.546. The minimum absolute atomic E-state index is 0.0999. The SMILES string of the molecule is COc1cc(N)c(Oc2ccccc2)cc1[N+](=O)[O-]. The number of nitro groups is 1. The van der Waals surface area contributed by atoms with E-state index in [0.29, 0.717) is 5.75 Å². The van der Waals surface area contributed by atoms with Crippen LogP contribution in [0.4, 0.5) is 11.4 Å². The second kappa shape index (κ2) is 5.26. The second-order valence-corrected chi connectivity index (χ2v) is 3.73. The number of nitrogens with two attached hydrogens (primary N) is 1. The highest BCUT2D eigenvalue weighted by Crippen LogP contribution is 2.37. The van der Waals surface area contributed by atoms with Crippen LogP contribution in [0.5, 0.6) is 17.2 Å². The average molecular weight is 260 g/mol. The van der Waals surface area contributed by atoms with Gasteiger partial charge in [-0.25, -0.2) is 0 Å². The molecular weight excluding hydrogens is 248 g/mol. The summed E-state index contributed by atoms with van der Waals surface area (Å²) in [4.78, 5) is 10.4. The molecule has 0 atom stereocenters. The van der Waals surface area contributed by atoms with E-state index in [0.717, 1.165) is 0 Å². The van der Waals surface area contributed by atoms with Crippen LogP contribution in [0.1, 0.15) is 0 Å². The van der Waals surface area contributed by atoms with Gasteiger partial charge in [-0.05, 0) is 12.1 Å². The van der Waals surface area contributed by atoms with Crippen LogP contribution >= 0.6 is 0 Å². The lowest BCUT2D eigenvalue weighted by atomic mass is 10.2. The van der Waals surface area contributed by atoms with Crippen LogP contribution < -0.4 is 15.2 Å². The molecule has 0 fully saturated rings. The number of para-hydroxylation sites is 1. The lowest BCUT2D eigenvalue weighted by Crippen LogP contribution is -1.98. The Kier molecular flexibility index (Phi) is 3.51. The molecule has 6 heteroatoms. The zero-order valence-electron chi connectivity index (χ0n) is 10.2. The van der Waals surface area contributed by atoms with Crippen LogP contribution in [-0.2, 0) is 0 Å². The number of hydrogen-bond acceptors (Lipinski definition) is 5. The molecule has 0 bridgehead atoms. The highest BCUT2D eigenvalue weighted by molar-refractivity contribution is 5.65. The molecule has 0 radical (unpaired) electrons. The van der Waals surface area contributed by atoms with Crippen molar-refractivity contribution in [3.05, 3.63) is 52.6 Å². The zero-order valence-corrected chi connectivity index (χ0v) is 10.2. The smallest absolute Gasteiger partial charge is 0.314 e. The van der Waals surface area contributed by atoms with Crippen molar-refractivity contribution in [1.82, 2.24) is 0 Å². The first-order valence-electron chi connectivity index (χ1n) is 5.46. The molecule has 6 nitrogen and oxygen atoms in total. The summed E-state index contributed by atoms with van der Waals surface area (Å²) in [6, 6.07) is 11.5. The van der Waals surface area contributed by atoms with Crippen LogP contribution in [0, 0.1) is 10.1 Å². The van der Waals surface area contributed by atoms with Crippen molar-refractivity contribution < 1.29 is 14.4 Å². The Morgan fingerprint density at radius 3 is 2.42 bits per heavy atom. The maximum atomic E-state index is 10.9. The summed E-state index contributed by atoms with van der Waals surface area (Å²) in [7, 11) is 1.35. The highest BCUT2D eigenvalue weighted by Gasteiger charge is 2.19. The number of benzene rings is 2. The summed E-state index contributed by atoms with van der Waals surface area (Å²) in [5.74, 6) is 0.871. The first-order chi connectivity index (χ1) is 9.11. The van der Waals surface area contributed by atoms with Gasteiger partial charge in [0.05, 0.1) is 23.8 Å². The van der Waals surface area contributed by atoms with E-state index in [1.165, 1.54) is 19.2 Å². The maximum Gasteiger partial charge on any atom is 0.314 e. The van der Waals surface area contributed by atoms with Crippen molar-refractivity contribution in [3.8, 4) is 17.2 Å². The first-order valence-corrected chi connectivity index (χ1v) is 5.46. The van der Waals surface area contributed by atoms with Crippen LogP contribution in [0.3, 0.4) is 0 Å². The lowest BCUT2D eigenvalue weighted by Gasteiger charge is -2.10. The Bertz CT molecular complexity index is 599. The van der Waals surface area contributed by atoms with Gasteiger partial charge in [0.25, 0.3) is 0 Å². The molecule has 0 unspecified atom stereocenters. The first kappa shape index (κ1) is 12.7. The van der Waals surface area contributed by atoms with E-state index in [9.17, 15) is 10.1 Å². The summed E-state index contributed by atoms with van der Waals surface area (Å²) < 4.78 is 10.4. The molecule has 2 N–H and O–H groups in total.